The zero-order valence-electron chi connectivity index (χ0n) is 13.7. The van der Waals surface area contributed by atoms with E-state index in [1.807, 2.05) is 23.6 Å². The fourth-order valence-corrected chi connectivity index (χ4v) is 2.82. The molecular weight excluding hydrogens is 306 g/mol. The lowest BCUT2D eigenvalue weighted by Gasteiger charge is -2.30. The zero-order valence-corrected chi connectivity index (χ0v) is 14.6. The number of nitrogens with one attached hydrogen (secondary N) is 2. The summed E-state index contributed by atoms with van der Waals surface area (Å²) in [5, 5.41) is 8.38. The Kier molecular flexibility index (Phi) is 6.07. The summed E-state index contributed by atoms with van der Waals surface area (Å²) in [6.45, 7) is 6.83. The molecule has 23 heavy (non-hydrogen) atoms. The molecule has 1 atom stereocenters. The van der Waals surface area contributed by atoms with Gasteiger partial charge >= 0.3 is 0 Å². The molecule has 0 aliphatic rings. The van der Waals surface area contributed by atoms with Crippen molar-refractivity contribution in [2.75, 3.05) is 6.54 Å². The van der Waals surface area contributed by atoms with Gasteiger partial charge in [0.25, 0.3) is 0 Å². The van der Waals surface area contributed by atoms with E-state index in [0.29, 0.717) is 6.54 Å². The van der Waals surface area contributed by atoms with Crippen LogP contribution in [0.5, 0.6) is 0 Å². The number of hydrogen-bond donors (Lipinski definition) is 2. The average Bonchev–Trinajstić information content (AvgIpc) is 3.05. The van der Waals surface area contributed by atoms with Crippen molar-refractivity contribution >= 4 is 23.3 Å². The van der Waals surface area contributed by atoms with Gasteiger partial charge in [0.2, 0.25) is 5.91 Å². The van der Waals surface area contributed by atoms with E-state index in [-0.39, 0.29) is 17.5 Å². The summed E-state index contributed by atoms with van der Waals surface area (Å²) >= 11 is 1.51. The van der Waals surface area contributed by atoms with Gasteiger partial charge < -0.3 is 10.6 Å². The number of thiazole rings is 1. The number of carbonyl (C=O) groups is 1. The smallest absolute Gasteiger partial charge is 0.244 e. The Morgan fingerprint density at radius 3 is 2.74 bits per heavy atom. The van der Waals surface area contributed by atoms with Crippen LogP contribution in [0.15, 0.2) is 47.3 Å². The Morgan fingerprint density at radius 1 is 1.35 bits per heavy atom. The number of carbonyl (C=O) groups excluding carboxylic acids is 1. The minimum atomic E-state index is -0.209. The Balaban J connectivity index is 1.82. The van der Waals surface area contributed by atoms with Gasteiger partial charge in [-0.15, -0.1) is 11.3 Å². The van der Waals surface area contributed by atoms with Crippen molar-refractivity contribution in [3.8, 4) is 0 Å². The Morgan fingerprint density at radius 2 is 2.09 bits per heavy atom. The molecule has 0 unspecified atom stereocenters. The first-order chi connectivity index (χ1) is 11.0. The van der Waals surface area contributed by atoms with Crippen molar-refractivity contribution in [3.63, 3.8) is 0 Å². The van der Waals surface area contributed by atoms with Crippen molar-refractivity contribution in [3.05, 3.63) is 58.6 Å². The molecule has 122 valence electrons. The van der Waals surface area contributed by atoms with Crippen LogP contribution in [-0.4, -0.2) is 23.0 Å². The van der Waals surface area contributed by atoms with Crippen LogP contribution in [0, 0.1) is 0 Å². The Hall–Kier alpha value is -1.98. The van der Waals surface area contributed by atoms with Crippen molar-refractivity contribution in [1.29, 1.82) is 0 Å². The second-order valence-electron chi connectivity index (χ2n) is 6.13. The van der Waals surface area contributed by atoms with Gasteiger partial charge in [-0.25, -0.2) is 4.98 Å². The SMILES string of the molecule is C[C@H](NC(C)(C)CNC(=O)/C=C/c1cscn1)c1ccccc1. The van der Waals surface area contributed by atoms with Gasteiger partial charge in [0, 0.05) is 29.6 Å². The number of benzene rings is 1. The number of hydrogen-bond acceptors (Lipinski definition) is 4. The lowest BCUT2D eigenvalue weighted by molar-refractivity contribution is -0.116. The van der Waals surface area contributed by atoms with Crippen LogP contribution < -0.4 is 10.6 Å². The lowest BCUT2D eigenvalue weighted by atomic mass is 10.0. The van der Waals surface area contributed by atoms with Crippen molar-refractivity contribution < 1.29 is 4.79 Å². The first-order valence-electron chi connectivity index (χ1n) is 7.63. The number of amides is 1. The van der Waals surface area contributed by atoms with E-state index in [1.165, 1.54) is 23.0 Å². The maximum Gasteiger partial charge on any atom is 0.244 e. The van der Waals surface area contributed by atoms with E-state index >= 15 is 0 Å². The van der Waals surface area contributed by atoms with E-state index in [9.17, 15) is 4.79 Å². The normalized spacial score (nSPS) is 13.2. The van der Waals surface area contributed by atoms with Crippen LogP contribution in [-0.2, 0) is 4.79 Å². The molecule has 2 rings (SSSR count). The summed E-state index contributed by atoms with van der Waals surface area (Å²) in [6.07, 6.45) is 3.24. The monoisotopic (exact) mass is 329 g/mol. The third kappa shape index (κ3) is 5.96. The maximum atomic E-state index is 11.9. The zero-order chi connectivity index (χ0) is 16.7. The molecule has 0 aliphatic carbocycles. The topological polar surface area (TPSA) is 54.0 Å². The molecular formula is C18H23N3OS. The van der Waals surface area contributed by atoms with Crippen LogP contribution in [0.3, 0.4) is 0 Å². The summed E-state index contributed by atoms with van der Waals surface area (Å²) in [6, 6.07) is 10.5. The van der Waals surface area contributed by atoms with Gasteiger partial charge in [0.05, 0.1) is 11.2 Å². The molecule has 4 nitrogen and oxygen atoms in total. The van der Waals surface area contributed by atoms with Crippen LogP contribution in [0.1, 0.15) is 38.1 Å². The molecule has 0 fully saturated rings. The van der Waals surface area contributed by atoms with Crippen LogP contribution in [0.25, 0.3) is 6.08 Å². The quantitative estimate of drug-likeness (QED) is 0.766. The summed E-state index contributed by atoms with van der Waals surface area (Å²) in [4.78, 5) is 16.0. The van der Waals surface area contributed by atoms with E-state index < -0.39 is 0 Å². The molecule has 1 aromatic carbocycles. The molecule has 2 N–H and O–H groups in total. The summed E-state index contributed by atoms with van der Waals surface area (Å²) in [5.74, 6) is -0.111. The Labute approximate surface area is 141 Å². The number of aromatic nitrogens is 1. The van der Waals surface area contributed by atoms with Gasteiger partial charge in [-0.1, -0.05) is 30.3 Å². The second-order valence-corrected chi connectivity index (χ2v) is 6.84. The minimum absolute atomic E-state index is 0.111. The molecule has 0 spiro atoms. The first-order valence-corrected chi connectivity index (χ1v) is 8.57. The maximum absolute atomic E-state index is 11.9. The van der Waals surface area contributed by atoms with E-state index in [0.717, 1.165) is 5.69 Å². The highest BCUT2D eigenvalue weighted by Gasteiger charge is 2.21. The molecule has 5 heteroatoms. The highest BCUT2D eigenvalue weighted by atomic mass is 32.1. The van der Waals surface area contributed by atoms with Crippen molar-refractivity contribution in [1.82, 2.24) is 15.6 Å². The fourth-order valence-electron chi connectivity index (χ4n) is 2.29. The standard InChI is InChI=1S/C18H23N3OS/c1-14(15-7-5-4-6-8-15)21-18(2,3)12-19-17(22)10-9-16-11-23-13-20-16/h4-11,13-14,21H,12H2,1-3H3,(H,19,22)/b10-9+/t14-/m0/s1. The molecule has 0 bridgehead atoms. The highest BCUT2D eigenvalue weighted by molar-refractivity contribution is 7.07. The summed E-state index contributed by atoms with van der Waals surface area (Å²) in [7, 11) is 0. The van der Waals surface area contributed by atoms with Gasteiger partial charge in [-0.3, -0.25) is 4.79 Å². The molecule has 2 aromatic rings. The van der Waals surface area contributed by atoms with Gasteiger partial charge in [0.15, 0.2) is 0 Å². The second kappa shape index (κ2) is 8.04. The van der Waals surface area contributed by atoms with Crippen LogP contribution >= 0.6 is 11.3 Å². The predicted molar refractivity (Wildman–Crippen MR) is 96.2 cm³/mol. The van der Waals surface area contributed by atoms with Gasteiger partial charge in [-0.05, 0) is 32.4 Å². The number of nitrogens with zero attached hydrogens (tertiary/aromatic N) is 1. The van der Waals surface area contributed by atoms with Crippen molar-refractivity contribution in [2.24, 2.45) is 0 Å². The Bertz CT molecular complexity index is 636. The molecule has 0 radical (unpaired) electrons. The van der Waals surface area contributed by atoms with Crippen LogP contribution in [0.4, 0.5) is 0 Å². The third-order valence-electron chi connectivity index (χ3n) is 3.47. The van der Waals surface area contributed by atoms with Gasteiger partial charge in [0.1, 0.15) is 0 Å². The van der Waals surface area contributed by atoms with Gasteiger partial charge in [-0.2, -0.15) is 0 Å². The highest BCUT2D eigenvalue weighted by Crippen LogP contribution is 2.15. The molecule has 1 amide bonds. The summed E-state index contributed by atoms with van der Waals surface area (Å²) < 4.78 is 0. The predicted octanol–water partition coefficient (Wildman–Crippen LogP) is 3.40. The minimum Gasteiger partial charge on any atom is -0.351 e. The third-order valence-corrected chi connectivity index (χ3v) is 4.07. The lowest BCUT2D eigenvalue weighted by Crippen LogP contribution is -2.49. The van der Waals surface area contributed by atoms with Crippen molar-refractivity contribution in [2.45, 2.75) is 32.4 Å². The fraction of sp³-hybridized carbons (Fsp3) is 0.333. The van der Waals surface area contributed by atoms with E-state index in [1.54, 1.807) is 11.6 Å². The molecule has 1 heterocycles. The summed E-state index contributed by atoms with van der Waals surface area (Å²) in [5.41, 5.74) is 3.57. The largest absolute Gasteiger partial charge is 0.351 e. The van der Waals surface area contributed by atoms with E-state index in [4.69, 9.17) is 0 Å². The average molecular weight is 329 g/mol. The first kappa shape index (κ1) is 17.4. The van der Waals surface area contributed by atoms with E-state index in [2.05, 4.69) is 48.5 Å². The molecule has 1 aromatic heterocycles. The number of rotatable bonds is 7. The molecule has 0 saturated heterocycles. The molecule has 0 aliphatic heterocycles. The molecule has 0 saturated carbocycles. The van der Waals surface area contributed by atoms with Crippen LogP contribution in [0.2, 0.25) is 0 Å².